The molecule has 1 aromatic rings. The van der Waals surface area contributed by atoms with Crippen LogP contribution < -0.4 is 0 Å². The first-order valence-electron chi connectivity index (χ1n) is 7.99. The molecule has 2 heterocycles. The van der Waals surface area contributed by atoms with Crippen LogP contribution in [-0.2, 0) is 9.53 Å². The van der Waals surface area contributed by atoms with Gasteiger partial charge in [0.25, 0.3) is 5.91 Å². The number of ether oxygens (including phenoxy) is 1. The fourth-order valence-corrected chi connectivity index (χ4v) is 2.89. The SMILES string of the molecule is CC(C)CC(C)OC(=O)C1CCN(C(=O)c2ccoc2)CC1. The van der Waals surface area contributed by atoms with Crippen molar-refractivity contribution in [2.75, 3.05) is 13.1 Å². The Balaban J connectivity index is 1.79. The highest BCUT2D eigenvalue weighted by Crippen LogP contribution is 2.22. The lowest BCUT2D eigenvalue weighted by Gasteiger charge is -2.31. The van der Waals surface area contributed by atoms with Gasteiger partial charge in [-0.05, 0) is 38.2 Å². The summed E-state index contributed by atoms with van der Waals surface area (Å²) >= 11 is 0. The van der Waals surface area contributed by atoms with Gasteiger partial charge in [0.2, 0.25) is 0 Å². The number of rotatable bonds is 5. The van der Waals surface area contributed by atoms with Gasteiger partial charge in [-0.25, -0.2) is 0 Å². The number of hydrogen-bond donors (Lipinski definition) is 0. The zero-order valence-electron chi connectivity index (χ0n) is 13.6. The van der Waals surface area contributed by atoms with Crippen LogP contribution in [-0.4, -0.2) is 36.0 Å². The van der Waals surface area contributed by atoms with Crippen molar-refractivity contribution in [3.8, 4) is 0 Å². The molecule has 1 amide bonds. The predicted octanol–water partition coefficient (Wildman–Crippen LogP) is 3.11. The summed E-state index contributed by atoms with van der Waals surface area (Å²) in [5.41, 5.74) is 0.562. The summed E-state index contributed by atoms with van der Waals surface area (Å²) in [4.78, 5) is 26.1. The maximum Gasteiger partial charge on any atom is 0.309 e. The van der Waals surface area contributed by atoms with Gasteiger partial charge in [-0.15, -0.1) is 0 Å². The van der Waals surface area contributed by atoms with Crippen LogP contribution in [0.15, 0.2) is 23.0 Å². The molecule has 1 unspecified atom stereocenters. The summed E-state index contributed by atoms with van der Waals surface area (Å²) < 4.78 is 10.5. The van der Waals surface area contributed by atoms with Crippen molar-refractivity contribution >= 4 is 11.9 Å². The minimum absolute atomic E-state index is 0.0336. The first kappa shape index (κ1) is 16.6. The van der Waals surface area contributed by atoms with Crippen LogP contribution in [0.3, 0.4) is 0 Å². The monoisotopic (exact) mass is 307 g/mol. The van der Waals surface area contributed by atoms with E-state index in [1.807, 2.05) is 6.92 Å². The lowest BCUT2D eigenvalue weighted by molar-refractivity contribution is -0.155. The number of furan rings is 1. The van der Waals surface area contributed by atoms with E-state index in [4.69, 9.17) is 9.15 Å². The third kappa shape index (κ3) is 4.36. The average molecular weight is 307 g/mol. The summed E-state index contributed by atoms with van der Waals surface area (Å²) in [6.45, 7) is 7.34. The average Bonchev–Trinajstić information content (AvgIpc) is 2.99. The summed E-state index contributed by atoms with van der Waals surface area (Å²) in [6, 6.07) is 1.66. The molecule has 0 spiro atoms. The van der Waals surface area contributed by atoms with Crippen molar-refractivity contribution in [1.29, 1.82) is 0 Å². The van der Waals surface area contributed by atoms with Crippen molar-refractivity contribution in [3.63, 3.8) is 0 Å². The summed E-state index contributed by atoms with van der Waals surface area (Å²) in [6.07, 6.45) is 5.11. The Hall–Kier alpha value is -1.78. The second kappa shape index (κ2) is 7.47. The molecule has 0 N–H and O–H groups in total. The van der Waals surface area contributed by atoms with Gasteiger partial charge in [0, 0.05) is 13.1 Å². The second-order valence-electron chi connectivity index (χ2n) is 6.46. The largest absolute Gasteiger partial charge is 0.472 e. The van der Waals surface area contributed by atoms with Gasteiger partial charge >= 0.3 is 5.97 Å². The van der Waals surface area contributed by atoms with Crippen molar-refractivity contribution in [2.45, 2.75) is 46.1 Å². The van der Waals surface area contributed by atoms with E-state index in [1.165, 1.54) is 12.5 Å². The summed E-state index contributed by atoms with van der Waals surface area (Å²) in [5.74, 6) is 0.262. The molecule has 0 saturated carbocycles. The van der Waals surface area contributed by atoms with E-state index in [9.17, 15) is 9.59 Å². The van der Waals surface area contributed by atoms with E-state index in [0.29, 0.717) is 37.4 Å². The number of carbonyl (C=O) groups excluding carboxylic acids is 2. The van der Waals surface area contributed by atoms with Crippen LogP contribution in [0.25, 0.3) is 0 Å². The fraction of sp³-hybridized carbons (Fsp3) is 0.647. The minimum atomic E-state index is -0.122. The quantitative estimate of drug-likeness (QED) is 0.784. The molecule has 2 rings (SSSR count). The lowest BCUT2D eigenvalue weighted by atomic mass is 9.96. The second-order valence-corrected chi connectivity index (χ2v) is 6.46. The highest BCUT2D eigenvalue weighted by atomic mass is 16.5. The number of hydrogen-bond acceptors (Lipinski definition) is 4. The molecule has 0 aromatic carbocycles. The van der Waals surface area contributed by atoms with E-state index < -0.39 is 0 Å². The Kier molecular flexibility index (Phi) is 5.63. The Labute approximate surface area is 131 Å². The number of carbonyl (C=O) groups is 2. The molecule has 5 nitrogen and oxygen atoms in total. The third-order valence-corrected chi connectivity index (χ3v) is 4.00. The number of likely N-dealkylation sites (tertiary alicyclic amines) is 1. The Morgan fingerprint density at radius 2 is 2.00 bits per heavy atom. The summed E-state index contributed by atoms with van der Waals surface area (Å²) in [7, 11) is 0. The zero-order valence-corrected chi connectivity index (χ0v) is 13.6. The van der Waals surface area contributed by atoms with Crippen molar-refractivity contribution < 1.29 is 18.7 Å². The number of amides is 1. The normalized spacial score (nSPS) is 17.5. The van der Waals surface area contributed by atoms with Crippen LogP contribution in [0.4, 0.5) is 0 Å². The van der Waals surface area contributed by atoms with Crippen LogP contribution in [0.2, 0.25) is 0 Å². The van der Waals surface area contributed by atoms with E-state index >= 15 is 0 Å². The van der Waals surface area contributed by atoms with Crippen LogP contribution in [0, 0.1) is 11.8 Å². The number of nitrogens with zero attached hydrogens (tertiary/aromatic N) is 1. The van der Waals surface area contributed by atoms with E-state index in [-0.39, 0.29) is 23.9 Å². The highest BCUT2D eigenvalue weighted by Gasteiger charge is 2.29. The number of piperidine rings is 1. The van der Waals surface area contributed by atoms with E-state index in [1.54, 1.807) is 11.0 Å². The fourth-order valence-electron chi connectivity index (χ4n) is 2.89. The first-order chi connectivity index (χ1) is 10.5. The maximum absolute atomic E-state index is 12.2. The molecule has 0 aliphatic carbocycles. The molecule has 1 saturated heterocycles. The minimum Gasteiger partial charge on any atom is -0.472 e. The van der Waals surface area contributed by atoms with Gasteiger partial charge < -0.3 is 14.1 Å². The van der Waals surface area contributed by atoms with Crippen molar-refractivity contribution in [3.05, 3.63) is 24.2 Å². The molecule has 5 heteroatoms. The summed E-state index contributed by atoms with van der Waals surface area (Å²) in [5, 5.41) is 0. The molecule has 0 radical (unpaired) electrons. The molecule has 1 aromatic heterocycles. The van der Waals surface area contributed by atoms with Gasteiger partial charge in [0.15, 0.2) is 0 Å². The Morgan fingerprint density at radius 1 is 1.32 bits per heavy atom. The Morgan fingerprint density at radius 3 is 2.55 bits per heavy atom. The number of esters is 1. The van der Waals surface area contributed by atoms with Gasteiger partial charge in [0.1, 0.15) is 6.26 Å². The molecule has 1 atom stereocenters. The first-order valence-corrected chi connectivity index (χ1v) is 7.99. The van der Waals surface area contributed by atoms with Crippen LogP contribution in [0.1, 0.15) is 50.4 Å². The molecule has 22 heavy (non-hydrogen) atoms. The van der Waals surface area contributed by atoms with Crippen molar-refractivity contribution in [1.82, 2.24) is 4.90 Å². The molecule has 1 aliphatic heterocycles. The smallest absolute Gasteiger partial charge is 0.309 e. The molecular weight excluding hydrogens is 282 g/mol. The predicted molar refractivity (Wildman–Crippen MR) is 82.3 cm³/mol. The molecule has 1 aliphatic rings. The van der Waals surface area contributed by atoms with Crippen LogP contribution >= 0.6 is 0 Å². The van der Waals surface area contributed by atoms with Crippen LogP contribution in [0.5, 0.6) is 0 Å². The highest BCUT2D eigenvalue weighted by molar-refractivity contribution is 5.94. The molecule has 122 valence electrons. The van der Waals surface area contributed by atoms with Gasteiger partial charge in [-0.1, -0.05) is 13.8 Å². The molecule has 0 bridgehead atoms. The Bertz CT molecular complexity index is 487. The van der Waals surface area contributed by atoms with Gasteiger partial charge in [0.05, 0.1) is 23.8 Å². The molecule has 1 fully saturated rings. The third-order valence-electron chi connectivity index (χ3n) is 4.00. The van der Waals surface area contributed by atoms with E-state index in [0.717, 1.165) is 6.42 Å². The maximum atomic E-state index is 12.2. The van der Waals surface area contributed by atoms with Gasteiger partial charge in [-0.2, -0.15) is 0 Å². The molecular formula is C17H25NO4. The van der Waals surface area contributed by atoms with E-state index in [2.05, 4.69) is 13.8 Å². The lowest BCUT2D eigenvalue weighted by Crippen LogP contribution is -2.41. The standard InChI is InChI=1S/C17H25NO4/c1-12(2)10-13(3)22-17(20)14-4-7-18(8-5-14)16(19)15-6-9-21-11-15/h6,9,11-14H,4-5,7-8,10H2,1-3H3. The topological polar surface area (TPSA) is 59.8 Å². The van der Waals surface area contributed by atoms with Crippen molar-refractivity contribution in [2.24, 2.45) is 11.8 Å². The van der Waals surface area contributed by atoms with Gasteiger partial charge in [-0.3, -0.25) is 9.59 Å². The zero-order chi connectivity index (χ0) is 16.1.